The molecule has 1 atom stereocenters. The minimum absolute atomic E-state index is 0.303. The van der Waals surface area contributed by atoms with Gasteiger partial charge in [0.1, 0.15) is 0 Å². The van der Waals surface area contributed by atoms with Crippen LogP contribution in [0.2, 0.25) is 0 Å². The van der Waals surface area contributed by atoms with E-state index in [1.807, 2.05) is 12.1 Å². The molecule has 2 rings (SSSR count). The van der Waals surface area contributed by atoms with Crippen molar-refractivity contribution in [2.45, 2.75) is 26.2 Å². The molecule has 22 heavy (non-hydrogen) atoms. The second-order valence-corrected chi connectivity index (χ2v) is 5.75. The van der Waals surface area contributed by atoms with E-state index >= 15 is 0 Å². The van der Waals surface area contributed by atoms with Crippen LogP contribution in [0.3, 0.4) is 0 Å². The van der Waals surface area contributed by atoms with Gasteiger partial charge in [-0.25, -0.2) is 0 Å². The fraction of sp³-hybridized carbons (Fsp3) is 0.368. The first-order valence-electron chi connectivity index (χ1n) is 7.56. The maximum Gasteiger partial charge on any atom is 0.160 e. The SMILES string of the molecule is COc1ccc(CC(CN)c2cc(C)cc(C)c2)cc1OC. The molecule has 0 aromatic heterocycles. The average Bonchev–Trinajstić information content (AvgIpc) is 2.51. The third-order valence-corrected chi connectivity index (χ3v) is 3.93. The van der Waals surface area contributed by atoms with Gasteiger partial charge < -0.3 is 15.2 Å². The van der Waals surface area contributed by atoms with Gasteiger partial charge >= 0.3 is 0 Å². The van der Waals surface area contributed by atoms with Gasteiger partial charge in [-0.1, -0.05) is 35.4 Å². The summed E-state index contributed by atoms with van der Waals surface area (Å²) >= 11 is 0. The molecule has 0 heterocycles. The Bertz CT molecular complexity index is 617. The average molecular weight is 299 g/mol. The van der Waals surface area contributed by atoms with E-state index in [9.17, 15) is 0 Å². The van der Waals surface area contributed by atoms with Crippen LogP contribution in [0.5, 0.6) is 11.5 Å². The summed E-state index contributed by atoms with van der Waals surface area (Å²) in [6.45, 7) is 4.87. The van der Waals surface area contributed by atoms with Gasteiger partial charge in [0.2, 0.25) is 0 Å². The lowest BCUT2D eigenvalue weighted by Crippen LogP contribution is -2.15. The van der Waals surface area contributed by atoms with E-state index in [1.165, 1.54) is 22.3 Å². The zero-order chi connectivity index (χ0) is 16.1. The highest BCUT2D eigenvalue weighted by Crippen LogP contribution is 2.30. The summed E-state index contributed by atoms with van der Waals surface area (Å²) in [5, 5.41) is 0. The highest BCUT2D eigenvalue weighted by atomic mass is 16.5. The van der Waals surface area contributed by atoms with E-state index in [2.05, 4.69) is 38.1 Å². The second-order valence-electron chi connectivity index (χ2n) is 5.75. The fourth-order valence-electron chi connectivity index (χ4n) is 2.87. The van der Waals surface area contributed by atoms with Crippen LogP contribution in [0.25, 0.3) is 0 Å². The van der Waals surface area contributed by atoms with Crippen molar-refractivity contribution >= 4 is 0 Å². The molecule has 0 bridgehead atoms. The second kappa shape index (κ2) is 7.32. The lowest BCUT2D eigenvalue weighted by Gasteiger charge is -2.18. The Kier molecular flexibility index (Phi) is 5.45. The Labute approximate surface area is 133 Å². The Morgan fingerprint density at radius 1 is 0.909 bits per heavy atom. The molecule has 2 N–H and O–H groups in total. The lowest BCUT2D eigenvalue weighted by molar-refractivity contribution is 0.354. The summed E-state index contributed by atoms with van der Waals surface area (Å²) in [6, 6.07) is 12.7. The summed E-state index contributed by atoms with van der Waals surface area (Å²) in [7, 11) is 3.31. The normalized spacial score (nSPS) is 12.0. The van der Waals surface area contributed by atoms with E-state index < -0.39 is 0 Å². The van der Waals surface area contributed by atoms with E-state index in [4.69, 9.17) is 15.2 Å². The molecule has 0 spiro atoms. The molecule has 118 valence electrons. The number of rotatable bonds is 6. The van der Waals surface area contributed by atoms with Crippen LogP contribution >= 0.6 is 0 Å². The molecule has 2 aromatic carbocycles. The summed E-state index contributed by atoms with van der Waals surface area (Å²) in [4.78, 5) is 0. The van der Waals surface area contributed by atoms with E-state index in [0.717, 1.165) is 17.9 Å². The van der Waals surface area contributed by atoms with Gasteiger partial charge in [0.15, 0.2) is 11.5 Å². The number of benzene rings is 2. The number of nitrogens with two attached hydrogens (primary N) is 1. The van der Waals surface area contributed by atoms with Crippen LogP contribution in [-0.2, 0) is 6.42 Å². The Hall–Kier alpha value is -2.00. The molecule has 0 amide bonds. The highest BCUT2D eigenvalue weighted by molar-refractivity contribution is 5.43. The predicted molar refractivity (Wildman–Crippen MR) is 91.0 cm³/mol. The summed E-state index contributed by atoms with van der Waals surface area (Å²) in [6.07, 6.45) is 0.889. The van der Waals surface area contributed by atoms with Crippen molar-refractivity contribution in [2.75, 3.05) is 20.8 Å². The molecule has 0 aliphatic carbocycles. The smallest absolute Gasteiger partial charge is 0.160 e. The molecule has 0 aliphatic rings. The van der Waals surface area contributed by atoms with Crippen LogP contribution in [0.1, 0.15) is 28.2 Å². The standard InChI is InChI=1S/C19H25NO2/c1-13-7-14(2)9-16(8-13)17(12-20)10-15-5-6-18(21-3)19(11-15)22-4/h5-9,11,17H,10,12,20H2,1-4H3. The van der Waals surface area contributed by atoms with Crippen LogP contribution < -0.4 is 15.2 Å². The first-order chi connectivity index (χ1) is 10.6. The quantitative estimate of drug-likeness (QED) is 0.886. The van der Waals surface area contributed by atoms with Gasteiger partial charge in [-0.05, 0) is 50.1 Å². The van der Waals surface area contributed by atoms with Gasteiger partial charge in [0, 0.05) is 5.92 Å². The van der Waals surface area contributed by atoms with Gasteiger partial charge in [-0.2, -0.15) is 0 Å². The van der Waals surface area contributed by atoms with Crippen molar-refractivity contribution in [3.63, 3.8) is 0 Å². The summed E-state index contributed by atoms with van der Waals surface area (Å²) in [5.41, 5.74) is 11.1. The highest BCUT2D eigenvalue weighted by Gasteiger charge is 2.13. The first-order valence-corrected chi connectivity index (χ1v) is 7.56. The summed E-state index contributed by atoms with van der Waals surface area (Å²) in [5.74, 6) is 1.81. The molecule has 3 nitrogen and oxygen atoms in total. The lowest BCUT2D eigenvalue weighted by atomic mass is 9.90. The maximum atomic E-state index is 6.02. The third kappa shape index (κ3) is 3.80. The molecule has 3 heteroatoms. The first kappa shape index (κ1) is 16.4. The number of hydrogen-bond donors (Lipinski definition) is 1. The van der Waals surface area contributed by atoms with Crippen LogP contribution in [-0.4, -0.2) is 20.8 Å². The molecule has 0 saturated heterocycles. The Balaban J connectivity index is 2.26. The molecular formula is C19H25NO2. The van der Waals surface area contributed by atoms with Crippen molar-refractivity contribution in [3.8, 4) is 11.5 Å². The summed E-state index contributed by atoms with van der Waals surface area (Å²) < 4.78 is 10.7. The number of ether oxygens (including phenoxy) is 2. The van der Waals surface area contributed by atoms with E-state index in [1.54, 1.807) is 14.2 Å². The van der Waals surface area contributed by atoms with Crippen LogP contribution in [0.15, 0.2) is 36.4 Å². The van der Waals surface area contributed by atoms with Gasteiger partial charge in [-0.15, -0.1) is 0 Å². The molecule has 1 unspecified atom stereocenters. The number of methoxy groups -OCH3 is 2. The van der Waals surface area contributed by atoms with Crippen LogP contribution in [0, 0.1) is 13.8 Å². The molecule has 2 aromatic rings. The maximum absolute atomic E-state index is 6.02. The minimum atomic E-state index is 0.303. The van der Waals surface area contributed by atoms with Crippen molar-refractivity contribution in [1.82, 2.24) is 0 Å². The fourth-order valence-corrected chi connectivity index (χ4v) is 2.87. The monoisotopic (exact) mass is 299 g/mol. The molecule has 0 radical (unpaired) electrons. The minimum Gasteiger partial charge on any atom is -0.493 e. The zero-order valence-corrected chi connectivity index (χ0v) is 13.8. The van der Waals surface area contributed by atoms with E-state index in [-0.39, 0.29) is 0 Å². The Morgan fingerprint density at radius 2 is 1.55 bits per heavy atom. The largest absolute Gasteiger partial charge is 0.493 e. The molecule has 0 aliphatic heterocycles. The van der Waals surface area contributed by atoms with Gasteiger partial charge in [-0.3, -0.25) is 0 Å². The number of hydrogen-bond acceptors (Lipinski definition) is 3. The molecular weight excluding hydrogens is 274 g/mol. The third-order valence-electron chi connectivity index (χ3n) is 3.93. The molecule has 0 fully saturated rings. The van der Waals surface area contributed by atoms with Crippen molar-refractivity contribution in [3.05, 3.63) is 58.7 Å². The van der Waals surface area contributed by atoms with Gasteiger partial charge in [0.05, 0.1) is 14.2 Å². The van der Waals surface area contributed by atoms with E-state index in [0.29, 0.717) is 12.5 Å². The van der Waals surface area contributed by atoms with Crippen LogP contribution in [0.4, 0.5) is 0 Å². The van der Waals surface area contributed by atoms with Crippen molar-refractivity contribution < 1.29 is 9.47 Å². The predicted octanol–water partition coefficient (Wildman–Crippen LogP) is 3.61. The molecule has 0 saturated carbocycles. The van der Waals surface area contributed by atoms with Crippen molar-refractivity contribution in [2.24, 2.45) is 5.73 Å². The number of aryl methyl sites for hydroxylation is 2. The Morgan fingerprint density at radius 3 is 2.09 bits per heavy atom. The van der Waals surface area contributed by atoms with Crippen molar-refractivity contribution in [1.29, 1.82) is 0 Å². The van der Waals surface area contributed by atoms with Gasteiger partial charge in [0.25, 0.3) is 0 Å². The zero-order valence-electron chi connectivity index (χ0n) is 13.8. The topological polar surface area (TPSA) is 44.5 Å².